The van der Waals surface area contributed by atoms with Crippen molar-refractivity contribution in [1.29, 1.82) is 0 Å². The van der Waals surface area contributed by atoms with Crippen LogP contribution in [0.3, 0.4) is 0 Å². The normalized spacial score (nSPS) is 12.6. The van der Waals surface area contributed by atoms with E-state index >= 15 is 0 Å². The van der Waals surface area contributed by atoms with Gasteiger partial charge in [0.2, 0.25) is 0 Å². The number of aryl methyl sites for hydroxylation is 4. The molecule has 0 aliphatic rings. The first-order valence-electron chi connectivity index (χ1n) is 9.70. The summed E-state index contributed by atoms with van der Waals surface area (Å²) in [4.78, 5) is 7.21. The van der Waals surface area contributed by atoms with Gasteiger partial charge in [-0.2, -0.15) is 0 Å². The maximum absolute atomic E-state index is 3.61. The molecule has 140 valence electrons. The van der Waals surface area contributed by atoms with Gasteiger partial charge < -0.3 is 0 Å². The molecule has 0 saturated heterocycles. The van der Waals surface area contributed by atoms with E-state index in [0.717, 1.165) is 26.2 Å². The van der Waals surface area contributed by atoms with Gasteiger partial charge in [0.1, 0.15) is 0 Å². The molecule has 0 fully saturated rings. The van der Waals surface area contributed by atoms with Crippen molar-refractivity contribution in [2.45, 2.75) is 55.4 Å². The molecule has 0 aliphatic heterocycles. The third-order valence-electron chi connectivity index (χ3n) is 5.49. The first-order chi connectivity index (χ1) is 11.9. The third-order valence-corrected chi connectivity index (χ3v) is 25.7. The number of aromatic amines is 2. The number of hydrogen-bond acceptors (Lipinski definition) is 2. The molecule has 2 heterocycles. The quantitative estimate of drug-likeness (QED) is 0.535. The van der Waals surface area contributed by atoms with Crippen molar-refractivity contribution in [2.75, 3.05) is 26.2 Å². The zero-order valence-electron chi connectivity index (χ0n) is 17.4. The van der Waals surface area contributed by atoms with Gasteiger partial charge in [0.05, 0.1) is 0 Å². The Morgan fingerprint density at radius 2 is 1.00 bits per heavy atom. The van der Waals surface area contributed by atoms with E-state index in [1.807, 2.05) is 0 Å². The van der Waals surface area contributed by atoms with Crippen LogP contribution in [-0.2, 0) is 20.5 Å². The third kappa shape index (κ3) is 3.47. The van der Waals surface area contributed by atoms with E-state index in [0.29, 0.717) is 0 Å². The van der Waals surface area contributed by atoms with Crippen LogP contribution in [0.5, 0.6) is 0 Å². The molecule has 0 amide bonds. The SMILES string of the molecule is CC[N](CC)[Hf]([c]1cc(C)[nH]c1C)([c]1cc(C)[nH]c1C)[N](CC)CC. The molecule has 4 nitrogen and oxygen atoms in total. The van der Waals surface area contributed by atoms with Crippen LogP contribution in [0.15, 0.2) is 12.1 Å². The molecule has 0 atom stereocenters. The van der Waals surface area contributed by atoms with Crippen LogP contribution in [0.1, 0.15) is 50.5 Å². The fourth-order valence-electron chi connectivity index (χ4n) is 4.56. The predicted octanol–water partition coefficient (Wildman–Crippen LogP) is 3.19. The Morgan fingerprint density at radius 3 is 1.20 bits per heavy atom. The van der Waals surface area contributed by atoms with Gasteiger partial charge in [-0.3, -0.25) is 0 Å². The summed E-state index contributed by atoms with van der Waals surface area (Å²) in [5, 5.41) is 0. The van der Waals surface area contributed by atoms with Gasteiger partial charge in [-0.15, -0.1) is 0 Å². The zero-order valence-corrected chi connectivity index (χ0v) is 21.0. The molecule has 2 rings (SSSR count). The second kappa shape index (κ2) is 8.36. The number of H-pyrrole nitrogens is 2. The van der Waals surface area contributed by atoms with Crippen LogP contribution < -0.4 is 6.64 Å². The Balaban J connectivity index is 2.92. The van der Waals surface area contributed by atoms with E-state index in [1.54, 1.807) is 6.64 Å². The average molecular weight is 511 g/mol. The van der Waals surface area contributed by atoms with Crippen molar-refractivity contribution in [3.05, 3.63) is 34.9 Å². The summed E-state index contributed by atoms with van der Waals surface area (Å²) in [5.41, 5.74) is 5.27. The van der Waals surface area contributed by atoms with E-state index in [-0.39, 0.29) is 0 Å². The minimum atomic E-state index is -3.45. The molecule has 0 aromatic carbocycles. The van der Waals surface area contributed by atoms with Crippen LogP contribution in [0, 0.1) is 27.7 Å². The van der Waals surface area contributed by atoms with E-state index in [2.05, 4.69) is 83.3 Å². The number of nitrogens with one attached hydrogen (secondary N) is 2. The zero-order chi connectivity index (χ0) is 18.8. The van der Waals surface area contributed by atoms with Gasteiger partial charge in [-0.25, -0.2) is 0 Å². The first-order valence-corrected chi connectivity index (χ1v) is 16.5. The second-order valence-electron chi connectivity index (χ2n) is 7.00. The van der Waals surface area contributed by atoms with E-state index in [9.17, 15) is 0 Å². The Labute approximate surface area is 159 Å². The summed E-state index contributed by atoms with van der Waals surface area (Å²) in [6.45, 7) is 22.6. The summed E-state index contributed by atoms with van der Waals surface area (Å²) in [6, 6.07) is 4.88. The Hall–Kier alpha value is -0.650. The van der Waals surface area contributed by atoms with Gasteiger partial charge in [0.15, 0.2) is 0 Å². The molecule has 0 unspecified atom stereocenters. The van der Waals surface area contributed by atoms with Gasteiger partial charge in [-0.05, 0) is 0 Å². The maximum atomic E-state index is 3.61. The summed E-state index contributed by atoms with van der Waals surface area (Å²) in [5.74, 6) is 0. The first kappa shape index (κ1) is 20.7. The van der Waals surface area contributed by atoms with Crippen LogP contribution >= 0.6 is 0 Å². The molecular weight excluding hydrogens is 475 g/mol. The summed E-state index contributed by atoms with van der Waals surface area (Å²) >= 11 is -3.45. The van der Waals surface area contributed by atoms with Gasteiger partial charge >= 0.3 is 159 Å². The van der Waals surface area contributed by atoms with Crippen LogP contribution in [-0.4, -0.2) is 41.9 Å². The monoisotopic (exact) mass is 512 g/mol. The topological polar surface area (TPSA) is 38.1 Å². The summed E-state index contributed by atoms with van der Waals surface area (Å²) < 4.78 is 8.84. The Kier molecular flexibility index (Phi) is 6.91. The Morgan fingerprint density at radius 1 is 0.680 bits per heavy atom. The number of aromatic nitrogens is 2. The number of rotatable bonds is 8. The predicted molar refractivity (Wildman–Crippen MR) is 106 cm³/mol. The van der Waals surface area contributed by atoms with Crippen molar-refractivity contribution in [3.63, 3.8) is 0 Å². The molecule has 2 aromatic rings. The standard InChI is InChI=1S/2C6H8N.2C4H10N.Hf/c2*1-5-3-4-6(2)7-5;2*1-3-5-4-2;/h2*3,7H,1-2H3;2*3-4H2,1-2H3;/q;;2*-1;+2. The molecule has 0 bridgehead atoms. The molecule has 2 aromatic heterocycles. The van der Waals surface area contributed by atoms with Gasteiger partial charge in [-0.1, -0.05) is 0 Å². The average Bonchev–Trinajstić information content (AvgIpc) is 3.08. The van der Waals surface area contributed by atoms with E-state index in [4.69, 9.17) is 0 Å². The van der Waals surface area contributed by atoms with Crippen molar-refractivity contribution in [2.24, 2.45) is 0 Å². The molecule has 0 aliphatic carbocycles. The summed E-state index contributed by atoms with van der Waals surface area (Å²) in [7, 11) is 0. The minimum absolute atomic E-state index is 1.10. The molecule has 0 radical (unpaired) electrons. The fraction of sp³-hybridized carbons (Fsp3) is 0.600. The van der Waals surface area contributed by atoms with Crippen LogP contribution in [0.2, 0.25) is 0 Å². The summed E-state index contributed by atoms with van der Waals surface area (Å²) in [6.07, 6.45) is 0. The van der Waals surface area contributed by atoms with Gasteiger partial charge in [0, 0.05) is 0 Å². The number of hydrogen-bond donors (Lipinski definition) is 2. The van der Waals surface area contributed by atoms with Crippen molar-refractivity contribution in [1.82, 2.24) is 15.7 Å². The fourth-order valence-corrected chi connectivity index (χ4v) is 25.7. The van der Waals surface area contributed by atoms with Crippen molar-refractivity contribution >= 4 is 6.64 Å². The van der Waals surface area contributed by atoms with E-state index in [1.165, 1.54) is 22.8 Å². The molecule has 2 N–H and O–H groups in total. The molecule has 25 heavy (non-hydrogen) atoms. The van der Waals surface area contributed by atoms with Crippen LogP contribution in [0.4, 0.5) is 0 Å². The molecule has 5 heteroatoms. The molecule has 0 spiro atoms. The molecule has 0 saturated carbocycles. The second-order valence-corrected chi connectivity index (χ2v) is 20.2. The van der Waals surface area contributed by atoms with Crippen molar-refractivity contribution in [3.8, 4) is 0 Å². The molecular formula is C20H36HfN4. The van der Waals surface area contributed by atoms with Crippen molar-refractivity contribution < 1.29 is 20.5 Å². The van der Waals surface area contributed by atoms with Gasteiger partial charge in [0.25, 0.3) is 0 Å². The number of nitrogens with zero attached hydrogens (tertiary/aromatic N) is 2. The Bertz CT molecular complexity index is 632. The van der Waals surface area contributed by atoms with Crippen LogP contribution in [0.25, 0.3) is 0 Å². The van der Waals surface area contributed by atoms with E-state index < -0.39 is 20.5 Å².